The molecule has 8 nitrogen and oxygen atoms in total. The zero-order valence-corrected chi connectivity index (χ0v) is 15.7. The molecule has 3 N–H and O–H groups in total. The van der Waals surface area contributed by atoms with Gasteiger partial charge in [-0.2, -0.15) is 0 Å². The van der Waals surface area contributed by atoms with Crippen molar-refractivity contribution in [2.45, 2.75) is 36.3 Å². The Labute approximate surface area is 156 Å². The van der Waals surface area contributed by atoms with Crippen molar-refractivity contribution < 1.29 is 14.3 Å². The first-order chi connectivity index (χ1) is 12.6. The van der Waals surface area contributed by atoms with E-state index < -0.39 is 0 Å². The van der Waals surface area contributed by atoms with Crippen molar-refractivity contribution in [1.29, 1.82) is 0 Å². The minimum Gasteiger partial charge on any atom is -0.496 e. The van der Waals surface area contributed by atoms with Crippen LogP contribution in [-0.4, -0.2) is 52.4 Å². The molecule has 1 aromatic carbocycles. The fourth-order valence-corrected chi connectivity index (χ4v) is 3.54. The number of carbonyl (C=O) groups is 1. The molecule has 3 rings (SSSR count). The maximum Gasteiger partial charge on any atom is 0.233 e. The minimum atomic E-state index is -0.353. The number of amides is 1. The van der Waals surface area contributed by atoms with Gasteiger partial charge in [0.05, 0.1) is 24.0 Å². The summed E-state index contributed by atoms with van der Waals surface area (Å²) in [5.74, 6) is 7.21. The number of ether oxygens (including phenoxy) is 2. The Balaban J connectivity index is 1.64. The molecule has 2 atom stereocenters. The lowest BCUT2D eigenvalue weighted by Crippen LogP contribution is -2.36. The molecular formula is C17H23N5O3S. The second-order valence-corrected chi connectivity index (χ2v) is 7.32. The van der Waals surface area contributed by atoms with Crippen LogP contribution in [0.2, 0.25) is 0 Å². The molecule has 26 heavy (non-hydrogen) atoms. The largest absolute Gasteiger partial charge is 0.496 e. The Kier molecular flexibility index (Phi) is 6.00. The molecule has 9 heteroatoms. The van der Waals surface area contributed by atoms with Crippen molar-refractivity contribution in [2.24, 2.45) is 0 Å². The molecule has 2 heterocycles. The molecule has 0 bridgehead atoms. The number of aromatic nitrogens is 3. The number of rotatable bonds is 7. The lowest BCUT2D eigenvalue weighted by molar-refractivity contribution is -0.120. The molecule has 1 aliphatic rings. The van der Waals surface area contributed by atoms with Gasteiger partial charge in [0, 0.05) is 13.2 Å². The number of nitrogens with zero attached hydrogens (tertiary/aromatic N) is 3. The summed E-state index contributed by atoms with van der Waals surface area (Å²) in [7, 11) is 1.59. The van der Waals surface area contributed by atoms with Crippen LogP contribution in [0.5, 0.6) is 5.75 Å². The van der Waals surface area contributed by atoms with Crippen molar-refractivity contribution in [2.75, 3.05) is 26.1 Å². The SMILES string of the molecule is COc1ccccc1-c1nnc(S[C@@H](C)C(=O)NC[C@@H]2CCCO2)n1N. The third-order valence-corrected chi connectivity index (χ3v) is 5.25. The molecule has 1 saturated heterocycles. The monoisotopic (exact) mass is 377 g/mol. The second kappa shape index (κ2) is 8.41. The van der Waals surface area contributed by atoms with Crippen LogP contribution in [0.25, 0.3) is 11.4 Å². The zero-order chi connectivity index (χ0) is 18.5. The van der Waals surface area contributed by atoms with Crippen LogP contribution in [0.4, 0.5) is 0 Å². The number of thioether (sulfide) groups is 1. The van der Waals surface area contributed by atoms with Crippen LogP contribution in [-0.2, 0) is 9.53 Å². The molecular weight excluding hydrogens is 354 g/mol. The summed E-state index contributed by atoms with van der Waals surface area (Å²) in [5, 5.41) is 11.3. The Hall–Kier alpha value is -2.26. The van der Waals surface area contributed by atoms with Gasteiger partial charge >= 0.3 is 0 Å². The average molecular weight is 377 g/mol. The topological polar surface area (TPSA) is 104 Å². The first kappa shape index (κ1) is 18.5. The van der Waals surface area contributed by atoms with Gasteiger partial charge in [-0.25, -0.2) is 4.68 Å². The summed E-state index contributed by atoms with van der Waals surface area (Å²) in [6.07, 6.45) is 2.15. The highest BCUT2D eigenvalue weighted by molar-refractivity contribution is 8.00. The van der Waals surface area contributed by atoms with Crippen LogP contribution in [0.1, 0.15) is 19.8 Å². The first-order valence-electron chi connectivity index (χ1n) is 8.50. The Bertz CT molecular complexity index is 761. The number of benzene rings is 1. The van der Waals surface area contributed by atoms with E-state index in [1.165, 1.54) is 16.4 Å². The van der Waals surface area contributed by atoms with E-state index in [4.69, 9.17) is 15.3 Å². The predicted molar refractivity (Wildman–Crippen MR) is 99.5 cm³/mol. The summed E-state index contributed by atoms with van der Waals surface area (Å²) in [6, 6.07) is 7.44. The van der Waals surface area contributed by atoms with Crippen LogP contribution in [0.15, 0.2) is 29.4 Å². The van der Waals surface area contributed by atoms with Crippen LogP contribution in [0.3, 0.4) is 0 Å². The maximum atomic E-state index is 12.3. The van der Waals surface area contributed by atoms with E-state index in [1.54, 1.807) is 7.11 Å². The molecule has 0 aliphatic carbocycles. The van der Waals surface area contributed by atoms with Gasteiger partial charge in [0.15, 0.2) is 5.82 Å². The van der Waals surface area contributed by atoms with Gasteiger partial charge in [-0.05, 0) is 31.9 Å². The van der Waals surface area contributed by atoms with Crippen LogP contribution >= 0.6 is 11.8 Å². The molecule has 140 valence electrons. The normalized spacial score (nSPS) is 17.8. The van der Waals surface area contributed by atoms with Crippen molar-refractivity contribution in [3.05, 3.63) is 24.3 Å². The number of nitrogens with one attached hydrogen (secondary N) is 1. The second-order valence-electron chi connectivity index (χ2n) is 6.02. The predicted octanol–water partition coefficient (Wildman–Crippen LogP) is 1.44. The van der Waals surface area contributed by atoms with Gasteiger partial charge in [-0.1, -0.05) is 23.9 Å². The third-order valence-electron chi connectivity index (χ3n) is 4.19. The fraction of sp³-hybridized carbons (Fsp3) is 0.471. The first-order valence-corrected chi connectivity index (χ1v) is 9.38. The van der Waals surface area contributed by atoms with Gasteiger partial charge in [0.1, 0.15) is 5.75 Å². The van der Waals surface area contributed by atoms with Gasteiger partial charge < -0.3 is 20.6 Å². The highest BCUT2D eigenvalue weighted by Gasteiger charge is 2.22. The number of nitrogen functional groups attached to an aromatic ring is 1. The van der Waals surface area contributed by atoms with E-state index in [2.05, 4.69) is 15.5 Å². The molecule has 1 fully saturated rings. The van der Waals surface area contributed by atoms with Gasteiger partial charge in [0.2, 0.25) is 11.1 Å². The molecule has 2 aromatic rings. The highest BCUT2D eigenvalue weighted by Crippen LogP contribution is 2.30. The Morgan fingerprint density at radius 1 is 1.50 bits per heavy atom. The van der Waals surface area contributed by atoms with Gasteiger partial charge in [-0.3, -0.25) is 4.79 Å². The summed E-state index contributed by atoms with van der Waals surface area (Å²) >= 11 is 1.26. The van der Waals surface area contributed by atoms with Crippen LogP contribution in [0, 0.1) is 0 Å². The molecule has 0 spiro atoms. The Morgan fingerprint density at radius 2 is 2.31 bits per heavy atom. The number of hydrogen-bond donors (Lipinski definition) is 2. The molecule has 0 saturated carbocycles. The maximum absolute atomic E-state index is 12.3. The lowest BCUT2D eigenvalue weighted by Gasteiger charge is -2.14. The summed E-state index contributed by atoms with van der Waals surface area (Å²) in [5.41, 5.74) is 0.743. The number of carbonyl (C=O) groups excluding carboxylic acids is 1. The van der Waals surface area contributed by atoms with Gasteiger partial charge in [-0.15, -0.1) is 10.2 Å². The summed E-state index contributed by atoms with van der Waals surface area (Å²) in [6.45, 7) is 3.12. The molecule has 1 aromatic heterocycles. The highest BCUT2D eigenvalue weighted by atomic mass is 32.2. The quantitative estimate of drug-likeness (QED) is 0.556. The van der Waals surface area contributed by atoms with Gasteiger partial charge in [0.25, 0.3) is 0 Å². The number of para-hydroxylation sites is 1. The number of hydrogen-bond acceptors (Lipinski definition) is 7. The molecule has 1 aliphatic heterocycles. The van der Waals surface area contributed by atoms with Crippen molar-refractivity contribution in [3.8, 4) is 17.1 Å². The van der Waals surface area contributed by atoms with Crippen molar-refractivity contribution >= 4 is 17.7 Å². The summed E-state index contributed by atoms with van der Waals surface area (Å²) in [4.78, 5) is 12.3. The minimum absolute atomic E-state index is 0.0765. The molecule has 0 radical (unpaired) electrons. The lowest BCUT2D eigenvalue weighted by atomic mass is 10.2. The fourth-order valence-electron chi connectivity index (χ4n) is 2.75. The van der Waals surface area contributed by atoms with Crippen LogP contribution < -0.4 is 15.9 Å². The number of methoxy groups -OCH3 is 1. The third kappa shape index (κ3) is 4.10. The molecule has 0 unspecified atom stereocenters. The van der Waals surface area contributed by atoms with Crippen molar-refractivity contribution in [3.63, 3.8) is 0 Å². The van der Waals surface area contributed by atoms with E-state index in [1.807, 2.05) is 31.2 Å². The van der Waals surface area contributed by atoms with E-state index in [0.717, 1.165) is 25.0 Å². The standard InChI is InChI=1S/C17H23N5O3S/c1-11(16(23)19-10-12-6-5-9-25-12)26-17-21-20-15(22(17)18)13-7-3-4-8-14(13)24-2/h3-4,7-8,11-12H,5-6,9-10,18H2,1-2H3,(H,19,23)/t11-,12-/m0/s1. The van der Waals surface area contributed by atoms with E-state index in [9.17, 15) is 4.79 Å². The average Bonchev–Trinajstić information content (AvgIpc) is 3.30. The zero-order valence-electron chi connectivity index (χ0n) is 14.8. The van der Waals surface area contributed by atoms with E-state index in [0.29, 0.717) is 23.3 Å². The van der Waals surface area contributed by atoms with Crippen molar-refractivity contribution in [1.82, 2.24) is 20.2 Å². The van der Waals surface area contributed by atoms with E-state index >= 15 is 0 Å². The Morgan fingerprint density at radius 3 is 3.04 bits per heavy atom. The van der Waals surface area contributed by atoms with E-state index in [-0.39, 0.29) is 17.3 Å². The smallest absolute Gasteiger partial charge is 0.233 e. The number of nitrogens with two attached hydrogens (primary N) is 1. The summed E-state index contributed by atoms with van der Waals surface area (Å²) < 4.78 is 12.2. The molecule has 1 amide bonds.